The van der Waals surface area contributed by atoms with Crippen LogP contribution >= 0.6 is 0 Å². The zero-order chi connectivity index (χ0) is 14.8. The largest absolute Gasteiger partial charge is 0.416 e. The Morgan fingerprint density at radius 2 is 1.90 bits per heavy atom. The predicted octanol–water partition coefficient (Wildman–Crippen LogP) is 4.69. The van der Waals surface area contributed by atoms with Crippen LogP contribution in [0.2, 0.25) is 0 Å². The first-order chi connectivity index (χ1) is 9.54. The Balaban J connectivity index is 2.38. The fraction of sp³-hybridized carbons (Fsp3) is 0.400. The van der Waals surface area contributed by atoms with Crippen molar-refractivity contribution in [1.29, 1.82) is 0 Å². The van der Waals surface area contributed by atoms with Gasteiger partial charge in [0, 0.05) is 6.42 Å². The Morgan fingerprint density at radius 1 is 1.20 bits per heavy atom. The molecule has 0 saturated heterocycles. The van der Waals surface area contributed by atoms with E-state index in [4.69, 9.17) is 0 Å². The number of benzene rings is 1. The number of rotatable bonds is 5. The molecule has 0 amide bonds. The molecule has 0 aliphatic heterocycles. The van der Waals surface area contributed by atoms with E-state index in [1.165, 1.54) is 18.3 Å². The van der Waals surface area contributed by atoms with Crippen molar-refractivity contribution in [2.45, 2.75) is 38.8 Å². The van der Waals surface area contributed by atoms with Gasteiger partial charge in [-0.05, 0) is 30.7 Å². The number of nitrogens with one attached hydrogen (secondary N) is 1. The smallest absolute Gasteiger partial charge is 0.278 e. The molecule has 0 fully saturated rings. The molecule has 20 heavy (non-hydrogen) atoms. The number of hydrazone groups is 1. The zero-order valence-electron chi connectivity index (χ0n) is 11.3. The lowest BCUT2D eigenvalue weighted by atomic mass is 10.2. The Morgan fingerprint density at radius 3 is 2.50 bits per heavy atom. The van der Waals surface area contributed by atoms with Gasteiger partial charge < -0.3 is 0 Å². The van der Waals surface area contributed by atoms with E-state index in [0.29, 0.717) is 5.69 Å². The minimum atomic E-state index is -4.31. The van der Waals surface area contributed by atoms with Gasteiger partial charge in [-0.3, -0.25) is 5.43 Å². The SMILES string of the molecule is CCCCCC#C/C=N\Nc1ccc(C(F)(F)F)cc1. The van der Waals surface area contributed by atoms with Gasteiger partial charge in [-0.1, -0.05) is 31.6 Å². The van der Waals surface area contributed by atoms with Crippen molar-refractivity contribution >= 4 is 11.9 Å². The summed E-state index contributed by atoms with van der Waals surface area (Å²) in [6, 6.07) is 4.67. The molecule has 0 heterocycles. The van der Waals surface area contributed by atoms with E-state index in [-0.39, 0.29) is 0 Å². The average molecular weight is 282 g/mol. The normalized spacial score (nSPS) is 11.2. The van der Waals surface area contributed by atoms with Crippen LogP contribution in [0, 0.1) is 11.8 Å². The maximum atomic E-state index is 12.3. The molecule has 0 radical (unpaired) electrons. The molecule has 1 aromatic rings. The first kappa shape index (κ1) is 16.1. The minimum absolute atomic E-state index is 0.488. The summed E-state index contributed by atoms with van der Waals surface area (Å²) >= 11 is 0. The highest BCUT2D eigenvalue weighted by Gasteiger charge is 2.29. The monoisotopic (exact) mass is 282 g/mol. The molecule has 0 aliphatic carbocycles. The highest BCUT2D eigenvalue weighted by atomic mass is 19.4. The van der Waals surface area contributed by atoms with Crippen molar-refractivity contribution in [2.75, 3.05) is 5.43 Å². The Bertz CT molecular complexity index is 479. The highest BCUT2D eigenvalue weighted by Crippen LogP contribution is 2.29. The average Bonchev–Trinajstić information content (AvgIpc) is 2.41. The lowest BCUT2D eigenvalue weighted by Crippen LogP contribution is -2.04. The summed E-state index contributed by atoms with van der Waals surface area (Å²) in [6.07, 6.45) is 1.32. The summed E-state index contributed by atoms with van der Waals surface area (Å²) in [5.41, 5.74) is 2.43. The molecule has 0 unspecified atom stereocenters. The molecule has 0 saturated carbocycles. The highest BCUT2D eigenvalue weighted by molar-refractivity contribution is 5.78. The molecule has 1 rings (SSSR count). The zero-order valence-corrected chi connectivity index (χ0v) is 11.3. The van der Waals surface area contributed by atoms with Gasteiger partial charge in [-0.15, -0.1) is 0 Å². The summed E-state index contributed by atoms with van der Waals surface area (Å²) in [5, 5.41) is 3.82. The van der Waals surface area contributed by atoms with Crippen LogP contribution in [-0.4, -0.2) is 6.21 Å². The van der Waals surface area contributed by atoms with Gasteiger partial charge in [-0.25, -0.2) is 0 Å². The minimum Gasteiger partial charge on any atom is -0.278 e. The fourth-order valence-corrected chi connectivity index (χ4v) is 1.45. The van der Waals surface area contributed by atoms with Gasteiger partial charge in [0.15, 0.2) is 0 Å². The number of halogens is 3. The summed E-state index contributed by atoms with van der Waals surface area (Å²) in [5.74, 6) is 5.71. The summed E-state index contributed by atoms with van der Waals surface area (Å²) in [6.45, 7) is 2.13. The number of anilines is 1. The predicted molar refractivity (Wildman–Crippen MR) is 75.5 cm³/mol. The molecule has 0 atom stereocenters. The van der Waals surface area contributed by atoms with Gasteiger partial charge in [-0.2, -0.15) is 18.3 Å². The van der Waals surface area contributed by atoms with Crippen molar-refractivity contribution in [3.8, 4) is 11.8 Å². The maximum absolute atomic E-state index is 12.3. The van der Waals surface area contributed by atoms with E-state index in [9.17, 15) is 13.2 Å². The van der Waals surface area contributed by atoms with Crippen molar-refractivity contribution < 1.29 is 13.2 Å². The molecule has 1 aromatic carbocycles. The number of alkyl halides is 3. The molecule has 1 N–H and O–H groups in total. The van der Waals surface area contributed by atoms with E-state index in [0.717, 1.165) is 37.8 Å². The second kappa shape index (κ2) is 8.26. The first-order valence-electron chi connectivity index (χ1n) is 6.47. The van der Waals surface area contributed by atoms with E-state index < -0.39 is 11.7 Å². The molecule has 2 nitrogen and oxygen atoms in total. The summed E-state index contributed by atoms with van der Waals surface area (Å²) in [7, 11) is 0. The third-order valence-corrected chi connectivity index (χ3v) is 2.54. The van der Waals surface area contributed by atoms with Crippen LogP contribution in [0.15, 0.2) is 29.4 Å². The van der Waals surface area contributed by atoms with E-state index in [1.54, 1.807) is 0 Å². The van der Waals surface area contributed by atoms with Crippen molar-refractivity contribution in [3.05, 3.63) is 29.8 Å². The van der Waals surface area contributed by atoms with Crippen LogP contribution in [0.1, 0.15) is 38.2 Å². The van der Waals surface area contributed by atoms with Crippen LogP contribution in [0.5, 0.6) is 0 Å². The molecule has 0 spiro atoms. The molecule has 108 valence electrons. The molecule has 5 heteroatoms. The summed E-state index contributed by atoms with van der Waals surface area (Å²) in [4.78, 5) is 0. The molecule has 0 aliphatic rings. The standard InChI is InChI=1S/C15H17F3N2/c1-2-3-4-5-6-7-12-19-20-14-10-8-13(9-11-14)15(16,17)18/h8-12,20H,2-5H2,1H3/b19-12-. The lowest BCUT2D eigenvalue weighted by Gasteiger charge is -2.06. The Hall–Kier alpha value is -1.96. The van der Waals surface area contributed by atoms with E-state index in [2.05, 4.69) is 29.3 Å². The van der Waals surface area contributed by atoms with Crippen molar-refractivity contribution in [2.24, 2.45) is 5.10 Å². The third-order valence-electron chi connectivity index (χ3n) is 2.54. The van der Waals surface area contributed by atoms with Crippen molar-refractivity contribution in [1.82, 2.24) is 0 Å². The molecular formula is C15H17F3N2. The molecular weight excluding hydrogens is 265 g/mol. The van der Waals surface area contributed by atoms with Gasteiger partial charge in [0.2, 0.25) is 0 Å². The van der Waals surface area contributed by atoms with Crippen LogP contribution in [0.25, 0.3) is 0 Å². The van der Waals surface area contributed by atoms with Crippen LogP contribution in [-0.2, 0) is 6.18 Å². The second-order valence-corrected chi connectivity index (χ2v) is 4.22. The van der Waals surface area contributed by atoms with Crippen LogP contribution < -0.4 is 5.43 Å². The molecule has 0 aromatic heterocycles. The maximum Gasteiger partial charge on any atom is 0.416 e. The van der Waals surface area contributed by atoms with Crippen molar-refractivity contribution in [3.63, 3.8) is 0 Å². The lowest BCUT2D eigenvalue weighted by molar-refractivity contribution is -0.137. The first-order valence-corrected chi connectivity index (χ1v) is 6.47. The fourth-order valence-electron chi connectivity index (χ4n) is 1.45. The van der Waals surface area contributed by atoms with Crippen LogP contribution in [0.3, 0.4) is 0 Å². The molecule has 0 bridgehead atoms. The van der Waals surface area contributed by atoms with Gasteiger partial charge in [0.1, 0.15) is 0 Å². The van der Waals surface area contributed by atoms with Gasteiger partial charge in [0.25, 0.3) is 0 Å². The van der Waals surface area contributed by atoms with Crippen LogP contribution in [0.4, 0.5) is 18.9 Å². The summed E-state index contributed by atoms with van der Waals surface area (Å²) < 4.78 is 37.0. The number of hydrogen-bond acceptors (Lipinski definition) is 2. The number of hydrogen-bond donors (Lipinski definition) is 1. The number of unbranched alkanes of at least 4 members (excludes halogenated alkanes) is 3. The van der Waals surface area contributed by atoms with Gasteiger partial charge in [0.05, 0.1) is 17.5 Å². The number of nitrogens with zero attached hydrogens (tertiary/aromatic N) is 1. The van der Waals surface area contributed by atoms with E-state index >= 15 is 0 Å². The topological polar surface area (TPSA) is 24.4 Å². The Kier molecular flexibility index (Phi) is 6.65. The van der Waals surface area contributed by atoms with Gasteiger partial charge >= 0.3 is 6.18 Å². The third kappa shape index (κ3) is 6.28. The van der Waals surface area contributed by atoms with E-state index in [1.807, 2.05) is 0 Å². The quantitative estimate of drug-likeness (QED) is 0.360. The Labute approximate surface area is 117 Å². The second-order valence-electron chi connectivity index (χ2n) is 4.22.